The summed E-state index contributed by atoms with van der Waals surface area (Å²) in [6.07, 6.45) is 1.67. The minimum atomic E-state index is -0.232. The maximum absolute atomic E-state index is 12.7. The first-order valence-corrected chi connectivity index (χ1v) is 9.14. The lowest BCUT2D eigenvalue weighted by Crippen LogP contribution is -2.28. The van der Waals surface area contributed by atoms with Gasteiger partial charge in [-0.05, 0) is 56.2 Å². The Balaban J connectivity index is 1.78. The predicted molar refractivity (Wildman–Crippen MR) is 105 cm³/mol. The van der Waals surface area contributed by atoms with Crippen LogP contribution >= 0.6 is 0 Å². The highest BCUT2D eigenvalue weighted by Crippen LogP contribution is 2.25. The molecule has 1 unspecified atom stereocenters. The molecule has 0 radical (unpaired) electrons. The van der Waals surface area contributed by atoms with Crippen molar-refractivity contribution in [3.05, 3.63) is 66.2 Å². The van der Waals surface area contributed by atoms with Gasteiger partial charge >= 0.3 is 0 Å². The molecule has 1 atom stereocenters. The Hall–Kier alpha value is -3.15. The highest BCUT2D eigenvalue weighted by Gasteiger charge is 2.16. The molecule has 0 fully saturated rings. The molecule has 0 spiro atoms. The van der Waals surface area contributed by atoms with Gasteiger partial charge in [0.1, 0.15) is 12.1 Å². The van der Waals surface area contributed by atoms with Gasteiger partial charge in [-0.15, -0.1) is 10.2 Å². The number of aromatic nitrogens is 3. The van der Waals surface area contributed by atoms with Crippen molar-refractivity contribution in [1.29, 1.82) is 0 Å². The van der Waals surface area contributed by atoms with Gasteiger partial charge in [0.2, 0.25) is 0 Å². The molecule has 0 aliphatic heterocycles. The number of ether oxygens (including phenoxy) is 1. The normalized spacial score (nSPS) is 11.8. The molecule has 2 aromatic carbocycles. The summed E-state index contributed by atoms with van der Waals surface area (Å²) in [5.41, 5.74) is 2.58. The van der Waals surface area contributed by atoms with Gasteiger partial charge in [0.15, 0.2) is 5.82 Å². The van der Waals surface area contributed by atoms with Crippen LogP contribution in [0, 0.1) is 0 Å². The van der Waals surface area contributed by atoms with Crippen molar-refractivity contribution in [2.45, 2.75) is 33.4 Å². The summed E-state index contributed by atoms with van der Waals surface area (Å²) >= 11 is 0. The summed E-state index contributed by atoms with van der Waals surface area (Å²) in [6.45, 7) is 7.25. The van der Waals surface area contributed by atoms with Crippen LogP contribution in [-0.2, 0) is 6.54 Å². The number of amides is 1. The van der Waals surface area contributed by atoms with Crippen LogP contribution in [0.5, 0.6) is 5.75 Å². The zero-order valence-corrected chi connectivity index (χ0v) is 15.8. The number of hydrogen-bond donors (Lipinski definition) is 1. The Kier molecular flexibility index (Phi) is 5.86. The zero-order chi connectivity index (χ0) is 19.2. The van der Waals surface area contributed by atoms with E-state index in [-0.39, 0.29) is 11.9 Å². The van der Waals surface area contributed by atoms with Gasteiger partial charge in [-0.25, -0.2) is 0 Å². The van der Waals surface area contributed by atoms with E-state index in [0.717, 1.165) is 29.2 Å². The Labute approximate surface area is 159 Å². The number of rotatable bonds is 7. The third-order valence-corrected chi connectivity index (χ3v) is 4.32. The molecule has 0 saturated carbocycles. The molecule has 1 amide bonds. The van der Waals surface area contributed by atoms with Crippen LogP contribution in [0.25, 0.3) is 11.1 Å². The van der Waals surface area contributed by atoms with Gasteiger partial charge < -0.3 is 14.6 Å². The number of nitrogens with one attached hydrogen (secondary N) is 1. The maximum atomic E-state index is 12.7. The Bertz CT molecular complexity index is 920. The number of benzene rings is 2. The van der Waals surface area contributed by atoms with Crippen LogP contribution < -0.4 is 10.1 Å². The quantitative estimate of drug-likeness (QED) is 0.691. The first-order chi connectivity index (χ1) is 13.1. The molecule has 140 valence electrons. The molecular formula is C21H24N4O2. The molecule has 1 aromatic heterocycles. The van der Waals surface area contributed by atoms with E-state index in [4.69, 9.17) is 4.74 Å². The highest BCUT2D eigenvalue weighted by molar-refractivity contribution is 5.95. The second-order valence-corrected chi connectivity index (χ2v) is 6.21. The molecule has 3 aromatic rings. The Morgan fingerprint density at radius 2 is 1.89 bits per heavy atom. The second kappa shape index (κ2) is 8.49. The third-order valence-electron chi connectivity index (χ3n) is 4.32. The van der Waals surface area contributed by atoms with E-state index in [1.54, 1.807) is 6.33 Å². The van der Waals surface area contributed by atoms with Crippen LogP contribution in [0.3, 0.4) is 0 Å². The summed E-state index contributed by atoms with van der Waals surface area (Å²) in [5, 5.41) is 11.0. The van der Waals surface area contributed by atoms with Gasteiger partial charge in [0, 0.05) is 12.1 Å². The first-order valence-electron chi connectivity index (χ1n) is 9.14. The standard InChI is InChI=1S/C21H24N4O2/c1-4-25-14-22-24-20(25)15(3)23-21(26)18-10-6-8-16(12-18)17-9-7-11-19(13-17)27-5-2/h6-15H,4-5H2,1-3H3,(H,23,26). The van der Waals surface area contributed by atoms with Crippen LogP contribution in [0.15, 0.2) is 54.9 Å². The van der Waals surface area contributed by atoms with Gasteiger partial charge in [0.25, 0.3) is 5.91 Å². The molecule has 1 N–H and O–H groups in total. The molecule has 0 aliphatic rings. The lowest BCUT2D eigenvalue weighted by Gasteiger charge is -2.14. The molecule has 0 bridgehead atoms. The molecule has 27 heavy (non-hydrogen) atoms. The lowest BCUT2D eigenvalue weighted by atomic mass is 10.0. The van der Waals surface area contributed by atoms with Crippen molar-refractivity contribution in [2.75, 3.05) is 6.61 Å². The van der Waals surface area contributed by atoms with E-state index < -0.39 is 0 Å². The van der Waals surface area contributed by atoms with Crippen LogP contribution in [0.1, 0.15) is 43.0 Å². The van der Waals surface area contributed by atoms with Crippen molar-refractivity contribution < 1.29 is 9.53 Å². The van der Waals surface area contributed by atoms with E-state index in [1.165, 1.54) is 0 Å². The Morgan fingerprint density at radius 3 is 2.63 bits per heavy atom. The van der Waals surface area contributed by atoms with Crippen molar-refractivity contribution in [3.8, 4) is 16.9 Å². The van der Waals surface area contributed by atoms with Crippen LogP contribution in [0.2, 0.25) is 0 Å². The maximum Gasteiger partial charge on any atom is 0.251 e. The molecule has 0 aliphatic carbocycles. The van der Waals surface area contributed by atoms with Gasteiger partial charge in [0.05, 0.1) is 12.6 Å². The Morgan fingerprint density at radius 1 is 1.15 bits per heavy atom. The molecule has 6 nitrogen and oxygen atoms in total. The fourth-order valence-corrected chi connectivity index (χ4v) is 2.96. The fourth-order valence-electron chi connectivity index (χ4n) is 2.96. The molecule has 0 saturated heterocycles. The largest absolute Gasteiger partial charge is 0.494 e. The fraction of sp³-hybridized carbons (Fsp3) is 0.286. The van der Waals surface area contributed by atoms with E-state index >= 15 is 0 Å². The molecule has 6 heteroatoms. The summed E-state index contributed by atoms with van der Waals surface area (Å²) in [6, 6.07) is 15.2. The number of aryl methyl sites for hydroxylation is 1. The molecule has 1 heterocycles. The van der Waals surface area contributed by atoms with E-state index in [9.17, 15) is 4.79 Å². The summed E-state index contributed by atoms with van der Waals surface area (Å²) in [5.74, 6) is 1.42. The van der Waals surface area contributed by atoms with Gasteiger partial charge in [-0.2, -0.15) is 0 Å². The van der Waals surface area contributed by atoms with Crippen molar-refractivity contribution in [1.82, 2.24) is 20.1 Å². The minimum Gasteiger partial charge on any atom is -0.494 e. The van der Waals surface area contributed by atoms with E-state index in [2.05, 4.69) is 15.5 Å². The topological polar surface area (TPSA) is 69.0 Å². The smallest absolute Gasteiger partial charge is 0.251 e. The van der Waals surface area contributed by atoms with Crippen LogP contribution in [-0.4, -0.2) is 27.3 Å². The third kappa shape index (κ3) is 4.34. The number of hydrogen-bond acceptors (Lipinski definition) is 4. The zero-order valence-electron chi connectivity index (χ0n) is 15.8. The summed E-state index contributed by atoms with van der Waals surface area (Å²) in [7, 11) is 0. The summed E-state index contributed by atoms with van der Waals surface area (Å²) in [4.78, 5) is 12.7. The highest BCUT2D eigenvalue weighted by atomic mass is 16.5. The second-order valence-electron chi connectivity index (χ2n) is 6.21. The van der Waals surface area contributed by atoms with Crippen LogP contribution in [0.4, 0.5) is 0 Å². The van der Waals surface area contributed by atoms with Crippen molar-refractivity contribution >= 4 is 5.91 Å². The SMILES string of the molecule is CCOc1cccc(-c2cccc(C(=O)NC(C)c3nncn3CC)c2)c1. The lowest BCUT2D eigenvalue weighted by molar-refractivity contribution is 0.0937. The average molecular weight is 364 g/mol. The molecule has 3 rings (SSSR count). The van der Waals surface area contributed by atoms with Gasteiger partial charge in [-0.1, -0.05) is 24.3 Å². The van der Waals surface area contributed by atoms with E-state index in [0.29, 0.717) is 12.2 Å². The number of carbonyl (C=O) groups is 1. The van der Waals surface area contributed by atoms with Gasteiger partial charge in [-0.3, -0.25) is 4.79 Å². The molecular weight excluding hydrogens is 340 g/mol. The monoisotopic (exact) mass is 364 g/mol. The average Bonchev–Trinajstić information content (AvgIpc) is 3.17. The van der Waals surface area contributed by atoms with E-state index in [1.807, 2.05) is 73.9 Å². The van der Waals surface area contributed by atoms with Crippen molar-refractivity contribution in [2.24, 2.45) is 0 Å². The number of nitrogens with zero attached hydrogens (tertiary/aromatic N) is 3. The van der Waals surface area contributed by atoms with Crippen molar-refractivity contribution in [3.63, 3.8) is 0 Å². The summed E-state index contributed by atoms with van der Waals surface area (Å²) < 4.78 is 7.48. The minimum absolute atomic E-state index is 0.143. The number of carbonyl (C=O) groups excluding carboxylic acids is 1. The first kappa shape index (κ1) is 18.6. The predicted octanol–water partition coefficient (Wildman–Crippen LogP) is 3.85.